The van der Waals surface area contributed by atoms with E-state index in [2.05, 4.69) is 43.1 Å². The standard InChI is InChI=1S/C23H40N2.FH/c1-4-6-8-10-12-14-18-25(19-15-13-11-9-7-5-2)21-17-16-20(3)22-23(21)24-22;/h16-17,24H,4-15,18-19H2,1-3H3;1H. The minimum absolute atomic E-state index is 0. The Labute approximate surface area is 161 Å². The number of nitrogens with one attached hydrogen (secondary N) is 1. The summed E-state index contributed by atoms with van der Waals surface area (Å²) in [6.45, 7) is 9.23. The van der Waals surface area contributed by atoms with E-state index in [-0.39, 0.29) is 4.70 Å². The molecule has 3 heteroatoms. The van der Waals surface area contributed by atoms with Crippen LogP contribution in [0.1, 0.15) is 96.5 Å². The molecule has 0 aliphatic carbocycles. The summed E-state index contributed by atoms with van der Waals surface area (Å²) in [5.41, 5.74) is 5.62. The molecule has 0 spiro atoms. The summed E-state index contributed by atoms with van der Waals surface area (Å²) in [6, 6.07) is 4.62. The number of anilines is 3. The second kappa shape index (κ2) is 13.0. The van der Waals surface area contributed by atoms with E-state index in [1.54, 1.807) is 0 Å². The number of rotatable bonds is 15. The second-order valence-electron chi connectivity index (χ2n) is 7.80. The van der Waals surface area contributed by atoms with Crippen molar-refractivity contribution in [3.8, 4) is 0 Å². The van der Waals surface area contributed by atoms with Crippen molar-refractivity contribution in [1.82, 2.24) is 0 Å². The average Bonchev–Trinajstić information content (AvgIpc) is 3.41. The number of aryl methyl sites for hydroxylation is 1. The fourth-order valence-electron chi connectivity index (χ4n) is 3.73. The highest BCUT2D eigenvalue weighted by atomic mass is 19.0. The molecule has 26 heavy (non-hydrogen) atoms. The van der Waals surface area contributed by atoms with E-state index >= 15 is 0 Å². The van der Waals surface area contributed by atoms with E-state index in [9.17, 15) is 0 Å². The Morgan fingerprint density at radius 2 is 1.19 bits per heavy atom. The van der Waals surface area contributed by atoms with Crippen LogP contribution in [-0.4, -0.2) is 13.1 Å². The largest absolute Gasteiger partial charge is 0.370 e. The van der Waals surface area contributed by atoms with Gasteiger partial charge in [0.2, 0.25) is 0 Å². The molecule has 0 unspecified atom stereocenters. The van der Waals surface area contributed by atoms with Crippen LogP contribution in [0.5, 0.6) is 0 Å². The average molecular weight is 365 g/mol. The Kier molecular flexibility index (Phi) is 11.4. The van der Waals surface area contributed by atoms with Gasteiger partial charge in [0.25, 0.3) is 0 Å². The summed E-state index contributed by atoms with van der Waals surface area (Å²) in [4.78, 5) is 2.65. The summed E-state index contributed by atoms with van der Waals surface area (Å²) in [7, 11) is 0. The fraction of sp³-hybridized carbons (Fsp3) is 0.739. The molecule has 0 amide bonds. The molecule has 0 saturated heterocycles. The molecule has 1 aromatic carbocycles. The van der Waals surface area contributed by atoms with Gasteiger partial charge in [0, 0.05) is 13.1 Å². The maximum atomic E-state index is 3.50. The van der Waals surface area contributed by atoms with E-state index in [1.165, 1.54) is 113 Å². The number of nitrogens with zero attached hydrogens (tertiary/aromatic N) is 1. The lowest BCUT2D eigenvalue weighted by molar-refractivity contribution is 0.575. The Morgan fingerprint density at radius 1 is 0.692 bits per heavy atom. The summed E-state index contributed by atoms with van der Waals surface area (Å²) in [6.07, 6.45) is 16.6. The van der Waals surface area contributed by atoms with Crippen LogP contribution in [0.15, 0.2) is 12.1 Å². The van der Waals surface area contributed by atoms with Gasteiger partial charge in [-0.05, 0) is 31.4 Å². The third-order valence-corrected chi connectivity index (χ3v) is 5.48. The van der Waals surface area contributed by atoms with Crippen LogP contribution < -0.4 is 10.2 Å². The predicted molar refractivity (Wildman–Crippen MR) is 116 cm³/mol. The van der Waals surface area contributed by atoms with Crippen LogP contribution in [-0.2, 0) is 0 Å². The van der Waals surface area contributed by atoms with E-state index in [4.69, 9.17) is 0 Å². The molecule has 0 atom stereocenters. The van der Waals surface area contributed by atoms with Crippen LogP contribution in [0.3, 0.4) is 0 Å². The second-order valence-corrected chi connectivity index (χ2v) is 7.80. The van der Waals surface area contributed by atoms with Gasteiger partial charge in [-0.25, -0.2) is 0 Å². The monoisotopic (exact) mass is 364 g/mol. The number of hydrogen-bond donors (Lipinski definition) is 1. The molecule has 0 saturated carbocycles. The summed E-state index contributed by atoms with van der Waals surface area (Å²) >= 11 is 0. The topological polar surface area (TPSA) is 25.2 Å². The molecule has 2 nitrogen and oxygen atoms in total. The van der Waals surface area contributed by atoms with Crippen molar-refractivity contribution in [1.29, 1.82) is 0 Å². The third-order valence-electron chi connectivity index (χ3n) is 5.48. The van der Waals surface area contributed by atoms with Crippen molar-refractivity contribution in [3.63, 3.8) is 0 Å². The van der Waals surface area contributed by atoms with Crippen LogP contribution >= 0.6 is 0 Å². The first-order valence-corrected chi connectivity index (χ1v) is 10.9. The van der Waals surface area contributed by atoms with E-state index < -0.39 is 0 Å². The normalized spacial score (nSPS) is 11.5. The van der Waals surface area contributed by atoms with E-state index in [1.807, 2.05) is 0 Å². The van der Waals surface area contributed by atoms with Crippen molar-refractivity contribution >= 4 is 17.1 Å². The van der Waals surface area contributed by atoms with Crippen molar-refractivity contribution < 1.29 is 4.70 Å². The maximum Gasteiger partial charge on any atom is 0.0864 e. The number of hydrogen-bond acceptors (Lipinski definition) is 2. The SMILES string of the molecule is CCCCCCCCN(CCCCCCCC)c1ccc(C)c2c1N2.F. The molecule has 1 aliphatic heterocycles. The predicted octanol–water partition coefficient (Wildman–Crippen LogP) is 7.73. The lowest BCUT2D eigenvalue weighted by atomic mass is 10.1. The van der Waals surface area contributed by atoms with Crippen LogP contribution in [0.25, 0.3) is 0 Å². The Morgan fingerprint density at radius 3 is 1.73 bits per heavy atom. The van der Waals surface area contributed by atoms with Crippen LogP contribution in [0.4, 0.5) is 21.8 Å². The van der Waals surface area contributed by atoms with Crippen molar-refractivity contribution in [2.24, 2.45) is 0 Å². The summed E-state index contributed by atoms with van der Waals surface area (Å²) < 4.78 is 0. The van der Waals surface area contributed by atoms with Gasteiger partial charge in [-0.2, -0.15) is 0 Å². The van der Waals surface area contributed by atoms with Crippen LogP contribution in [0.2, 0.25) is 0 Å². The lowest BCUT2D eigenvalue weighted by Gasteiger charge is -2.25. The quantitative estimate of drug-likeness (QED) is 0.258. The molecule has 0 bridgehead atoms. The minimum atomic E-state index is 0. The van der Waals surface area contributed by atoms with Gasteiger partial charge in [0.05, 0.1) is 17.1 Å². The van der Waals surface area contributed by atoms with Gasteiger partial charge in [0.15, 0.2) is 0 Å². The highest BCUT2D eigenvalue weighted by Gasteiger charge is 2.25. The molecule has 150 valence electrons. The minimum Gasteiger partial charge on any atom is -0.370 e. The van der Waals surface area contributed by atoms with Gasteiger partial charge in [-0.3, -0.25) is 4.70 Å². The summed E-state index contributed by atoms with van der Waals surface area (Å²) in [5.74, 6) is 0. The molecular formula is C23H41FN2. The van der Waals surface area contributed by atoms with Crippen molar-refractivity contribution in [3.05, 3.63) is 17.7 Å². The number of halogens is 1. The molecule has 1 heterocycles. The molecular weight excluding hydrogens is 323 g/mol. The first-order chi connectivity index (χ1) is 12.3. The molecule has 0 fully saturated rings. The van der Waals surface area contributed by atoms with Gasteiger partial charge in [-0.1, -0.05) is 84.1 Å². The molecule has 1 aliphatic rings. The van der Waals surface area contributed by atoms with Gasteiger partial charge in [-0.15, -0.1) is 0 Å². The van der Waals surface area contributed by atoms with Gasteiger partial charge < -0.3 is 10.2 Å². The number of unbranched alkanes of at least 4 members (excludes halogenated alkanes) is 10. The lowest BCUT2D eigenvalue weighted by Crippen LogP contribution is -2.25. The zero-order valence-corrected chi connectivity index (χ0v) is 17.4. The first-order valence-electron chi connectivity index (χ1n) is 10.9. The molecule has 0 radical (unpaired) electrons. The van der Waals surface area contributed by atoms with Crippen molar-refractivity contribution in [2.75, 3.05) is 23.3 Å². The molecule has 1 N–H and O–H groups in total. The van der Waals surface area contributed by atoms with E-state index in [0.717, 1.165) is 0 Å². The Balaban J connectivity index is 0.00000338. The third kappa shape index (κ3) is 7.55. The van der Waals surface area contributed by atoms with Crippen LogP contribution in [0, 0.1) is 6.92 Å². The van der Waals surface area contributed by atoms with Gasteiger partial charge >= 0.3 is 0 Å². The van der Waals surface area contributed by atoms with Gasteiger partial charge in [0.1, 0.15) is 0 Å². The maximum absolute atomic E-state index is 3.50. The molecule has 2 rings (SSSR count). The molecule has 0 aromatic heterocycles. The first kappa shape index (κ1) is 22.8. The van der Waals surface area contributed by atoms with E-state index in [0.29, 0.717) is 0 Å². The smallest absolute Gasteiger partial charge is 0.0864 e. The zero-order valence-electron chi connectivity index (χ0n) is 17.4. The Hall–Kier alpha value is -1.25. The highest BCUT2D eigenvalue weighted by molar-refractivity contribution is 6.01. The highest BCUT2D eigenvalue weighted by Crippen LogP contribution is 2.49. The van der Waals surface area contributed by atoms with Crippen molar-refractivity contribution in [2.45, 2.75) is 97.8 Å². The number of fused-ring (bicyclic) bond motifs is 1. The Bertz CT molecular complexity index is 485. The fourth-order valence-corrected chi connectivity index (χ4v) is 3.73. The molecule has 1 aromatic rings. The zero-order chi connectivity index (χ0) is 17.9. The number of benzene rings is 1. The summed E-state index contributed by atoms with van der Waals surface area (Å²) in [5, 5.41) is 3.50.